The Morgan fingerprint density at radius 2 is 1.10 bits per heavy atom. The molecule has 2 N–H and O–H groups in total. The van der Waals surface area contributed by atoms with Crippen LogP contribution in [0.15, 0.2) is 12.4 Å². The van der Waals surface area contributed by atoms with E-state index in [1.165, 1.54) is 75.6 Å². The van der Waals surface area contributed by atoms with Crippen molar-refractivity contribution in [2.75, 3.05) is 0 Å². The Balaban J connectivity index is 1.50. The minimum absolute atomic E-state index is 1.20. The molecule has 20 heavy (non-hydrogen) atoms. The van der Waals surface area contributed by atoms with Gasteiger partial charge >= 0.3 is 0 Å². The van der Waals surface area contributed by atoms with Crippen molar-refractivity contribution in [3.63, 3.8) is 0 Å². The van der Waals surface area contributed by atoms with Gasteiger partial charge in [0.1, 0.15) is 0 Å². The van der Waals surface area contributed by atoms with Crippen LogP contribution in [0.5, 0.6) is 0 Å². The Kier molecular flexibility index (Phi) is 3.17. The summed E-state index contributed by atoms with van der Waals surface area (Å²) in [6.07, 6.45) is 17.5. The molecule has 4 rings (SSSR count). The van der Waals surface area contributed by atoms with Crippen LogP contribution in [-0.2, 0) is 38.5 Å². The van der Waals surface area contributed by atoms with Gasteiger partial charge in [-0.1, -0.05) is 0 Å². The van der Waals surface area contributed by atoms with Gasteiger partial charge in [-0.05, 0) is 86.5 Å². The normalized spacial score (nSPS) is 17.8. The number of rotatable bonds is 3. The van der Waals surface area contributed by atoms with Crippen LogP contribution >= 0.6 is 0 Å². The number of H-pyrrole nitrogens is 2. The van der Waals surface area contributed by atoms with Crippen molar-refractivity contribution in [1.29, 1.82) is 0 Å². The average molecular weight is 268 g/mol. The predicted molar refractivity (Wildman–Crippen MR) is 82.3 cm³/mol. The van der Waals surface area contributed by atoms with Crippen LogP contribution in [0.1, 0.15) is 59.3 Å². The molecule has 0 atom stereocenters. The van der Waals surface area contributed by atoms with E-state index in [2.05, 4.69) is 22.4 Å². The molecule has 0 saturated carbocycles. The van der Waals surface area contributed by atoms with Crippen LogP contribution in [0.2, 0.25) is 0 Å². The maximum absolute atomic E-state index is 3.51. The Hall–Kier alpha value is -1.44. The molecule has 0 fully saturated rings. The van der Waals surface area contributed by atoms with Crippen molar-refractivity contribution in [3.05, 3.63) is 46.0 Å². The molecule has 2 heteroatoms. The highest BCUT2D eigenvalue weighted by Crippen LogP contribution is 2.27. The third-order valence-corrected chi connectivity index (χ3v) is 5.22. The van der Waals surface area contributed by atoms with Crippen LogP contribution in [0.25, 0.3) is 0 Å². The van der Waals surface area contributed by atoms with Crippen LogP contribution in [0, 0.1) is 0 Å². The first-order valence-electron chi connectivity index (χ1n) is 8.28. The zero-order chi connectivity index (χ0) is 13.4. The molecule has 2 aliphatic carbocycles. The molecular weight excluding hydrogens is 244 g/mol. The second-order valence-electron chi connectivity index (χ2n) is 6.46. The fourth-order valence-electron chi connectivity index (χ4n) is 4.08. The van der Waals surface area contributed by atoms with Crippen LogP contribution in [0.4, 0.5) is 0 Å². The molecule has 0 amide bonds. The van der Waals surface area contributed by atoms with Crippen LogP contribution < -0.4 is 0 Å². The van der Waals surface area contributed by atoms with Crippen molar-refractivity contribution in [3.8, 4) is 0 Å². The van der Waals surface area contributed by atoms with Gasteiger partial charge in [0.15, 0.2) is 0 Å². The van der Waals surface area contributed by atoms with E-state index in [9.17, 15) is 0 Å². The number of hydrogen-bond donors (Lipinski definition) is 2. The molecule has 2 aromatic rings. The standard InChI is InChI=1S/C18H24N2/c1-3-7-17-15(5-1)13(11-19-17)9-10-14-12-20-18-8-4-2-6-16(14)18/h11-12,19-20H,1-10H2. The van der Waals surface area contributed by atoms with Gasteiger partial charge < -0.3 is 9.97 Å². The van der Waals surface area contributed by atoms with Crippen molar-refractivity contribution in [1.82, 2.24) is 9.97 Å². The second-order valence-corrected chi connectivity index (χ2v) is 6.46. The fraction of sp³-hybridized carbons (Fsp3) is 0.556. The molecule has 0 unspecified atom stereocenters. The van der Waals surface area contributed by atoms with Gasteiger partial charge in [0.2, 0.25) is 0 Å². The van der Waals surface area contributed by atoms with Crippen molar-refractivity contribution >= 4 is 0 Å². The largest absolute Gasteiger partial charge is 0.364 e. The van der Waals surface area contributed by atoms with E-state index >= 15 is 0 Å². The maximum atomic E-state index is 3.51. The van der Waals surface area contributed by atoms with Gasteiger partial charge in [-0.25, -0.2) is 0 Å². The fourth-order valence-corrected chi connectivity index (χ4v) is 4.08. The topological polar surface area (TPSA) is 31.6 Å². The van der Waals surface area contributed by atoms with Crippen molar-refractivity contribution in [2.45, 2.75) is 64.2 Å². The van der Waals surface area contributed by atoms with Gasteiger partial charge in [0.25, 0.3) is 0 Å². The van der Waals surface area contributed by atoms with E-state index in [-0.39, 0.29) is 0 Å². The van der Waals surface area contributed by atoms with Crippen molar-refractivity contribution < 1.29 is 0 Å². The van der Waals surface area contributed by atoms with E-state index in [0.717, 1.165) is 0 Å². The summed E-state index contributed by atoms with van der Waals surface area (Å²) in [6, 6.07) is 0. The van der Waals surface area contributed by atoms with Crippen molar-refractivity contribution in [2.24, 2.45) is 0 Å². The molecule has 106 valence electrons. The lowest BCUT2D eigenvalue weighted by molar-refractivity contribution is 0.668. The van der Waals surface area contributed by atoms with E-state index in [1.54, 1.807) is 22.3 Å². The first-order valence-corrected chi connectivity index (χ1v) is 8.28. The lowest BCUT2D eigenvalue weighted by Crippen LogP contribution is -2.05. The highest BCUT2D eigenvalue weighted by atomic mass is 14.7. The number of aryl methyl sites for hydroxylation is 4. The number of hydrogen-bond acceptors (Lipinski definition) is 0. The molecule has 0 saturated heterocycles. The first kappa shape index (κ1) is 12.3. The summed E-state index contributed by atoms with van der Waals surface area (Å²) >= 11 is 0. The number of aromatic amines is 2. The average Bonchev–Trinajstić information content (AvgIpc) is 3.09. The molecule has 2 aromatic heterocycles. The SMILES string of the molecule is c1[nH]c2c(c1CCc1c[nH]c3c1CCCC3)CCCC2. The quantitative estimate of drug-likeness (QED) is 0.846. The Morgan fingerprint density at radius 1 is 0.650 bits per heavy atom. The van der Waals surface area contributed by atoms with E-state index in [4.69, 9.17) is 0 Å². The lowest BCUT2D eigenvalue weighted by Gasteiger charge is -2.14. The molecule has 2 nitrogen and oxygen atoms in total. The van der Waals surface area contributed by atoms with Gasteiger partial charge in [0, 0.05) is 23.8 Å². The zero-order valence-corrected chi connectivity index (χ0v) is 12.2. The summed E-state index contributed by atoms with van der Waals surface area (Å²) < 4.78 is 0. The Bertz CT molecular complexity index is 549. The number of nitrogens with one attached hydrogen (secondary N) is 2. The second kappa shape index (κ2) is 5.16. The maximum Gasteiger partial charge on any atom is 0.0182 e. The van der Waals surface area contributed by atoms with Gasteiger partial charge in [-0.15, -0.1) is 0 Å². The Labute approximate surface area is 121 Å². The van der Waals surface area contributed by atoms with Crippen LogP contribution in [0.3, 0.4) is 0 Å². The van der Waals surface area contributed by atoms with Gasteiger partial charge in [-0.3, -0.25) is 0 Å². The van der Waals surface area contributed by atoms with Gasteiger partial charge in [0.05, 0.1) is 0 Å². The third kappa shape index (κ3) is 2.11. The van der Waals surface area contributed by atoms with Gasteiger partial charge in [-0.2, -0.15) is 0 Å². The molecule has 0 aromatic carbocycles. The monoisotopic (exact) mass is 268 g/mol. The van der Waals surface area contributed by atoms with E-state index < -0.39 is 0 Å². The van der Waals surface area contributed by atoms with E-state index in [0.29, 0.717) is 0 Å². The summed E-state index contributed by atoms with van der Waals surface area (Å²) in [5.41, 5.74) is 9.46. The summed E-state index contributed by atoms with van der Waals surface area (Å²) in [4.78, 5) is 7.02. The third-order valence-electron chi connectivity index (χ3n) is 5.22. The molecule has 2 heterocycles. The molecule has 0 radical (unpaired) electrons. The number of aromatic nitrogens is 2. The minimum atomic E-state index is 1.20. The smallest absolute Gasteiger partial charge is 0.0182 e. The summed E-state index contributed by atoms with van der Waals surface area (Å²) in [5, 5.41) is 0. The highest BCUT2D eigenvalue weighted by Gasteiger charge is 2.17. The molecule has 0 aliphatic heterocycles. The molecule has 0 bridgehead atoms. The summed E-state index contributed by atoms with van der Waals surface area (Å²) in [5.74, 6) is 0. The minimum Gasteiger partial charge on any atom is -0.364 e. The zero-order valence-electron chi connectivity index (χ0n) is 12.2. The molecule has 2 aliphatic rings. The molecule has 0 spiro atoms. The predicted octanol–water partition coefficient (Wildman–Crippen LogP) is 3.89. The highest BCUT2D eigenvalue weighted by molar-refractivity contribution is 5.36. The summed E-state index contributed by atoms with van der Waals surface area (Å²) in [7, 11) is 0. The molecular formula is C18H24N2. The van der Waals surface area contributed by atoms with Crippen LogP contribution in [-0.4, -0.2) is 9.97 Å². The Morgan fingerprint density at radius 3 is 1.60 bits per heavy atom. The number of fused-ring (bicyclic) bond motifs is 2. The lowest BCUT2D eigenvalue weighted by atomic mass is 9.90. The van der Waals surface area contributed by atoms with E-state index in [1.807, 2.05) is 0 Å². The summed E-state index contributed by atoms with van der Waals surface area (Å²) in [6.45, 7) is 0. The first-order chi connectivity index (χ1) is 9.92.